The number of likely N-dealkylation sites (tertiary alicyclic amines) is 1. The highest BCUT2D eigenvalue weighted by molar-refractivity contribution is 5.42. The smallest absolute Gasteiger partial charge is 0.340 e. The zero-order chi connectivity index (χ0) is 16.2. The second-order valence-corrected chi connectivity index (χ2v) is 5.78. The van der Waals surface area contributed by atoms with Gasteiger partial charge in [-0.1, -0.05) is 0 Å². The number of rotatable bonds is 4. The summed E-state index contributed by atoms with van der Waals surface area (Å²) in [5.41, 5.74) is 1.37. The number of benzene rings is 1. The van der Waals surface area contributed by atoms with Gasteiger partial charge < -0.3 is 4.74 Å². The van der Waals surface area contributed by atoms with Crippen molar-refractivity contribution in [2.24, 2.45) is 0 Å². The van der Waals surface area contributed by atoms with E-state index in [0.717, 1.165) is 43.1 Å². The van der Waals surface area contributed by atoms with E-state index >= 15 is 0 Å². The number of piperidine rings is 1. The SMILES string of the molecule is COc1ccc(C#N)cc1CN1CCCC(c2n[nH]c(=O)[nH]2)C1. The Balaban J connectivity index is 1.75. The van der Waals surface area contributed by atoms with Crippen LogP contribution in [0.1, 0.15) is 35.7 Å². The molecule has 0 radical (unpaired) electrons. The van der Waals surface area contributed by atoms with Gasteiger partial charge in [-0.2, -0.15) is 10.4 Å². The molecule has 0 amide bonds. The Hall–Kier alpha value is -2.59. The van der Waals surface area contributed by atoms with Crippen molar-refractivity contribution in [3.05, 3.63) is 45.6 Å². The van der Waals surface area contributed by atoms with Crippen LogP contribution in [-0.4, -0.2) is 40.3 Å². The molecule has 0 spiro atoms. The molecule has 120 valence electrons. The van der Waals surface area contributed by atoms with Crippen molar-refractivity contribution in [3.63, 3.8) is 0 Å². The number of methoxy groups -OCH3 is 1. The molecular formula is C16H19N5O2. The number of aromatic amines is 2. The van der Waals surface area contributed by atoms with Gasteiger partial charge in [0, 0.05) is 24.6 Å². The first-order valence-electron chi connectivity index (χ1n) is 7.63. The maximum atomic E-state index is 11.2. The molecule has 1 aliphatic rings. The third-order valence-corrected chi connectivity index (χ3v) is 4.22. The highest BCUT2D eigenvalue weighted by atomic mass is 16.5. The Kier molecular flexibility index (Phi) is 4.44. The lowest BCUT2D eigenvalue weighted by Crippen LogP contribution is -2.34. The lowest BCUT2D eigenvalue weighted by molar-refractivity contribution is 0.194. The van der Waals surface area contributed by atoms with Crippen LogP contribution in [0.15, 0.2) is 23.0 Å². The molecule has 1 atom stereocenters. The largest absolute Gasteiger partial charge is 0.496 e. The fourth-order valence-corrected chi connectivity index (χ4v) is 3.11. The summed E-state index contributed by atoms with van der Waals surface area (Å²) in [5, 5.41) is 15.6. The molecule has 1 aliphatic heterocycles. The summed E-state index contributed by atoms with van der Waals surface area (Å²) in [6.07, 6.45) is 2.05. The van der Waals surface area contributed by atoms with Crippen molar-refractivity contribution < 1.29 is 4.74 Å². The lowest BCUT2D eigenvalue weighted by Gasteiger charge is -2.31. The number of H-pyrrole nitrogens is 2. The van der Waals surface area contributed by atoms with Crippen LogP contribution in [0.4, 0.5) is 0 Å². The molecule has 1 fully saturated rings. The van der Waals surface area contributed by atoms with Crippen LogP contribution in [-0.2, 0) is 6.54 Å². The van der Waals surface area contributed by atoms with Gasteiger partial charge in [-0.25, -0.2) is 9.89 Å². The summed E-state index contributed by atoms with van der Waals surface area (Å²) in [6, 6.07) is 7.63. The minimum absolute atomic E-state index is 0.216. The van der Waals surface area contributed by atoms with Crippen molar-refractivity contribution in [3.8, 4) is 11.8 Å². The maximum Gasteiger partial charge on any atom is 0.340 e. The predicted molar refractivity (Wildman–Crippen MR) is 84.2 cm³/mol. The molecule has 0 saturated carbocycles. The van der Waals surface area contributed by atoms with Gasteiger partial charge >= 0.3 is 5.69 Å². The first-order valence-corrected chi connectivity index (χ1v) is 7.63. The van der Waals surface area contributed by atoms with E-state index in [9.17, 15) is 4.79 Å². The Morgan fingerprint density at radius 3 is 3.09 bits per heavy atom. The van der Waals surface area contributed by atoms with E-state index in [1.54, 1.807) is 13.2 Å². The Morgan fingerprint density at radius 1 is 1.52 bits per heavy atom. The Bertz CT molecular complexity index is 773. The van der Waals surface area contributed by atoms with Gasteiger partial charge in [0.25, 0.3) is 0 Å². The lowest BCUT2D eigenvalue weighted by atomic mass is 9.96. The van der Waals surface area contributed by atoms with E-state index in [1.165, 1.54) is 0 Å². The second kappa shape index (κ2) is 6.67. The molecule has 2 heterocycles. The molecule has 0 bridgehead atoms. The van der Waals surface area contributed by atoms with E-state index < -0.39 is 0 Å². The van der Waals surface area contributed by atoms with Crippen LogP contribution in [0, 0.1) is 11.3 Å². The number of nitriles is 1. The minimum atomic E-state index is -0.263. The van der Waals surface area contributed by atoms with E-state index in [0.29, 0.717) is 12.1 Å². The molecule has 23 heavy (non-hydrogen) atoms. The zero-order valence-corrected chi connectivity index (χ0v) is 13.0. The molecule has 7 nitrogen and oxygen atoms in total. The number of nitrogens with zero attached hydrogens (tertiary/aromatic N) is 3. The van der Waals surface area contributed by atoms with Crippen LogP contribution in [0.3, 0.4) is 0 Å². The Labute approximate surface area is 133 Å². The molecule has 0 aliphatic carbocycles. The monoisotopic (exact) mass is 313 g/mol. The van der Waals surface area contributed by atoms with Crippen molar-refractivity contribution in [2.45, 2.75) is 25.3 Å². The van der Waals surface area contributed by atoms with Crippen LogP contribution < -0.4 is 10.4 Å². The fraction of sp³-hybridized carbons (Fsp3) is 0.438. The molecule has 3 rings (SSSR count). The van der Waals surface area contributed by atoms with Gasteiger partial charge in [-0.05, 0) is 37.6 Å². The molecule has 2 aromatic rings. The summed E-state index contributed by atoms with van der Waals surface area (Å²) in [5.74, 6) is 1.73. The van der Waals surface area contributed by atoms with Gasteiger partial charge in [-0.15, -0.1) is 0 Å². The normalized spacial score (nSPS) is 18.5. The van der Waals surface area contributed by atoms with Crippen LogP contribution >= 0.6 is 0 Å². The number of aromatic nitrogens is 3. The molecule has 1 aromatic carbocycles. The van der Waals surface area contributed by atoms with E-state index in [2.05, 4.69) is 26.2 Å². The Morgan fingerprint density at radius 2 is 2.39 bits per heavy atom. The second-order valence-electron chi connectivity index (χ2n) is 5.78. The van der Waals surface area contributed by atoms with Crippen molar-refractivity contribution in [1.82, 2.24) is 20.1 Å². The van der Waals surface area contributed by atoms with Crippen LogP contribution in [0.2, 0.25) is 0 Å². The average molecular weight is 313 g/mol. The molecule has 2 N–H and O–H groups in total. The molecule has 1 saturated heterocycles. The van der Waals surface area contributed by atoms with Gasteiger partial charge in [0.1, 0.15) is 11.6 Å². The topological polar surface area (TPSA) is 97.8 Å². The van der Waals surface area contributed by atoms with Gasteiger partial charge in [0.05, 0.1) is 18.7 Å². The molecule has 1 unspecified atom stereocenters. The molecule has 7 heteroatoms. The van der Waals surface area contributed by atoms with Crippen molar-refractivity contribution in [1.29, 1.82) is 5.26 Å². The number of hydrogen-bond acceptors (Lipinski definition) is 5. The van der Waals surface area contributed by atoms with Crippen LogP contribution in [0.25, 0.3) is 0 Å². The van der Waals surface area contributed by atoms with Crippen LogP contribution in [0.5, 0.6) is 5.75 Å². The summed E-state index contributed by atoms with van der Waals surface area (Å²) in [7, 11) is 1.64. The highest BCUT2D eigenvalue weighted by Crippen LogP contribution is 2.27. The van der Waals surface area contributed by atoms with Crippen molar-refractivity contribution in [2.75, 3.05) is 20.2 Å². The summed E-state index contributed by atoms with van der Waals surface area (Å²) >= 11 is 0. The first kappa shape index (κ1) is 15.3. The summed E-state index contributed by atoms with van der Waals surface area (Å²) in [6.45, 7) is 2.51. The van der Waals surface area contributed by atoms with Gasteiger partial charge in [0.15, 0.2) is 0 Å². The summed E-state index contributed by atoms with van der Waals surface area (Å²) in [4.78, 5) is 16.3. The predicted octanol–water partition coefficient (Wildman–Crippen LogP) is 1.36. The summed E-state index contributed by atoms with van der Waals surface area (Å²) < 4.78 is 5.40. The highest BCUT2D eigenvalue weighted by Gasteiger charge is 2.24. The van der Waals surface area contributed by atoms with E-state index in [1.807, 2.05) is 12.1 Å². The number of hydrogen-bond donors (Lipinski definition) is 2. The first-order chi connectivity index (χ1) is 11.2. The standard InChI is InChI=1S/C16H19N5O2/c1-23-14-5-4-11(8-17)7-13(14)10-21-6-2-3-12(9-21)15-18-16(22)20-19-15/h4-5,7,12H,2-3,6,9-10H2,1H3,(H2,18,19,20,22). The quantitative estimate of drug-likeness (QED) is 0.888. The van der Waals surface area contributed by atoms with Gasteiger partial charge in [0.2, 0.25) is 0 Å². The molecule has 1 aromatic heterocycles. The van der Waals surface area contributed by atoms with Gasteiger partial charge in [-0.3, -0.25) is 9.88 Å². The number of ether oxygens (including phenoxy) is 1. The van der Waals surface area contributed by atoms with E-state index in [-0.39, 0.29) is 11.6 Å². The fourth-order valence-electron chi connectivity index (χ4n) is 3.11. The van der Waals surface area contributed by atoms with E-state index in [4.69, 9.17) is 10.00 Å². The maximum absolute atomic E-state index is 11.2. The van der Waals surface area contributed by atoms with Crippen molar-refractivity contribution >= 4 is 0 Å². The number of nitrogens with one attached hydrogen (secondary N) is 2. The average Bonchev–Trinajstić information content (AvgIpc) is 3.01. The molecular weight excluding hydrogens is 294 g/mol. The third-order valence-electron chi connectivity index (χ3n) is 4.22. The minimum Gasteiger partial charge on any atom is -0.496 e. The zero-order valence-electron chi connectivity index (χ0n) is 13.0. The third kappa shape index (κ3) is 3.43.